The molecular weight excluding hydrogens is 434 g/mol. The summed E-state index contributed by atoms with van der Waals surface area (Å²) in [5, 5.41) is 8.81. The molecule has 0 spiro atoms. The lowest BCUT2D eigenvalue weighted by molar-refractivity contribution is -0.144. The monoisotopic (exact) mass is 467 g/mol. The summed E-state index contributed by atoms with van der Waals surface area (Å²) in [6, 6.07) is 9.53. The fourth-order valence-electron chi connectivity index (χ4n) is 4.35. The van der Waals surface area contributed by atoms with Crippen LogP contribution in [-0.4, -0.2) is 85.3 Å². The standard InChI is InChI=1S/C25H33N5O4/c1-4-28(25(32)18-6-5-7-18)17-24(31)30-14-12-29(13-15-30)23-11-9-20(26-27-23)19-8-10-21(33-2)22(16-19)34-3/h8-11,16,18H,4-7,12-15,17H2,1-3H3. The Labute approximate surface area is 200 Å². The van der Waals surface area contributed by atoms with Crippen molar-refractivity contribution in [1.29, 1.82) is 0 Å². The summed E-state index contributed by atoms with van der Waals surface area (Å²) in [6.45, 7) is 5.25. The number of aromatic nitrogens is 2. The van der Waals surface area contributed by atoms with Crippen molar-refractivity contribution in [3.8, 4) is 22.8 Å². The molecule has 9 nitrogen and oxygen atoms in total. The first-order chi connectivity index (χ1) is 16.5. The molecule has 2 amide bonds. The molecule has 2 aliphatic rings. The molecule has 9 heteroatoms. The number of ether oxygens (including phenoxy) is 2. The lowest BCUT2D eigenvalue weighted by Gasteiger charge is -2.37. The molecule has 182 valence electrons. The number of hydrogen-bond acceptors (Lipinski definition) is 7. The molecule has 2 heterocycles. The van der Waals surface area contributed by atoms with Crippen molar-refractivity contribution < 1.29 is 19.1 Å². The van der Waals surface area contributed by atoms with Gasteiger partial charge in [-0.2, -0.15) is 0 Å². The maximum Gasteiger partial charge on any atom is 0.242 e. The van der Waals surface area contributed by atoms with E-state index in [0.717, 1.165) is 36.3 Å². The molecule has 1 aromatic heterocycles. The van der Waals surface area contributed by atoms with Gasteiger partial charge in [-0.3, -0.25) is 9.59 Å². The third kappa shape index (κ3) is 5.08. The van der Waals surface area contributed by atoms with Crippen LogP contribution in [0.2, 0.25) is 0 Å². The Morgan fingerprint density at radius 1 is 1.00 bits per heavy atom. The molecule has 34 heavy (non-hydrogen) atoms. The van der Waals surface area contributed by atoms with Crippen molar-refractivity contribution in [2.24, 2.45) is 5.92 Å². The molecular formula is C25H33N5O4. The minimum Gasteiger partial charge on any atom is -0.493 e. The number of carbonyl (C=O) groups excluding carboxylic acids is 2. The largest absolute Gasteiger partial charge is 0.493 e. The van der Waals surface area contributed by atoms with Crippen molar-refractivity contribution in [2.75, 3.05) is 58.4 Å². The Kier molecular flexibility index (Phi) is 7.49. The molecule has 0 atom stereocenters. The van der Waals surface area contributed by atoms with Crippen molar-refractivity contribution in [2.45, 2.75) is 26.2 Å². The van der Waals surface area contributed by atoms with Crippen LogP contribution in [0.4, 0.5) is 5.82 Å². The third-order valence-electron chi connectivity index (χ3n) is 6.76. The topological polar surface area (TPSA) is 88.1 Å². The van der Waals surface area contributed by atoms with Gasteiger partial charge in [-0.25, -0.2) is 0 Å². The second-order valence-corrected chi connectivity index (χ2v) is 8.69. The first kappa shape index (κ1) is 23.8. The zero-order valence-corrected chi connectivity index (χ0v) is 20.2. The second kappa shape index (κ2) is 10.7. The smallest absolute Gasteiger partial charge is 0.242 e. The zero-order valence-electron chi connectivity index (χ0n) is 20.2. The summed E-state index contributed by atoms with van der Waals surface area (Å²) in [7, 11) is 3.21. The number of piperazine rings is 1. The zero-order chi connectivity index (χ0) is 24.1. The van der Waals surface area contributed by atoms with Crippen LogP contribution in [0.15, 0.2) is 30.3 Å². The SMILES string of the molecule is CCN(CC(=O)N1CCN(c2ccc(-c3ccc(OC)c(OC)c3)nn2)CC1)C(=O)C1CCC1. The molecule has 0 N–H and O–H groups in total. The highest BCUT2D eigenvalue weighted by Crippen LogP contribution is 2.32. The maximum absolute atomic E-state index is 12.8. The number of hydrogen-bond donors (Lipinski definition) is 0. The van der Waals surface area contributed by atoms with Crippen molar-refractivity contribution >= 4 is 17.6 Å². The van der Waals surface area contributed by atoms with Gasteiger partial charge in [-0.1, -0.05) is 6.42 Å². The summed E-state index contributed by atoms with van der Waals surface area (Å²) in [5.41, 5.74) is 1.64. The second-order valence-electron chi connectivity index (χ2n) is 8.69. The van der Waals surface area contributed by atoms with E-state index in [9.17, 15) is 9.59 Å². The maximum atomic E-state index is 12.8. The van der Waals surface area contributed by atoms with Gasteiger partial charge in [-0.05, 0) is 50.1 Å². The van der Waals surface area contributed by atoms with Gasteiger partial charge in [0, 0.05) is 44.2 Å². The number of amides is 2. The Bertz CT molecular complexity index is 1000. The van der Waals surface area contributed by atoms with E-state index < -0.39 is 0 Å². The van der Waals surface area contributed by atoms with Crippen LogP contribution in [0.3, 0.4) is 0 Å². The summed E-state index contributed by atoms with van der Waals surface area (Å²) in [6.07, 6.45) is 3.02. The van der Waals surface area contributed by atoms with Gasteiger partial charge in [0.1, 0.15) is 0 Å². The van der Waals surface area contributed by atoms with Crippen LogP contribution in [0.5, 0.6) is 11.5 Å². The fourth-order valence-corrected chi connectivity index (χ4v) is 4.35. The number of anilines is 1. The van der Waals surface area contributed by atoms with E-state index in [0.29, 0.717) is 44.2 Å². The average Bonchev–Trinajstić information content (AvgIpc) is 2.85. The number of rotatable bonds is 8. The molecule has 1 aromatic carbocycles. The Morgan fingerprint density at radius 2 is 1.74 bits per heavy atom. The Morgan fingerprint density at radius 3 is 2.29 bits per heavy atom. The molecule has 1 aliphatic carbocycles. The quantitative estimate of drug-likeness (QED) is 0.589. The van der Waals surface area contributed by atoms with Crippen molar-refractivity contribution in [1.82, 2.24) is 20.0 Å². The Hall–Kier alpha value is -3.36. The lowest BCUT2D eigenvalue weighted by Crippen LogP contribution is -2.52. The number of nitrogens with zero attached hydrogens (tertiary/aromatic N) is 5. The van der Waals surface area contributed by atoms with Crippen molar-refractivity contribution in [3.05, 3.63) is 30.3 Å². The molecule has 0 radical (unpaired) electrons. The van der Waals surface area contributed by atoms with E-state index >= 15 is 0 Å². The minimum atomic E-state index is 0.0176. The molecule has 0 unspecified atom stereocenters. The molecule has 2 fully saturated rings. The van der Waals surface area contributed by atoms with E-state index in [1.165, 1.54) is 0 Å². The molecule has 1 saturated carbocycles. The highest BCUT2D eigenvalue weighted by atomic mass is 16.5. The molecule has 1 saturated heterocycles. The van der Waals surface area contributed by atoms with Gasteiger partial charge in [0.15, 0.2) is 17.3 Å². The predicted molar refractivity (Wildman–Crippen MR) is 129 cm³/mol. The third-order valence-corrected chi connectivity index (χ3v) is 6.76. The average molecular weight is 468 g/mol. The van der Waals surface area contributed by atoms with Gasteiger partial charge >= 0.3 is 0 Å². The van der Waals surface area contributed by atoms with Gasteiger partial charge in [-0.15, -0.1) is 10.2 Å². The van der Waals surface area contributed by atoms with E-state index in [2.05, 4.69) is 15.1 Å². The highest BCUT2D eigenvalue weighted by Gasteiger charge is 2.31. The Balaban J connectivity index is 1.32. The predicted octanol–water partition coefficient (Wildman–Crippen LogP) is 2.46. The van der Waals surface area contributed by atoms with Gasteiger partial charge in [0.05, 0.1) is 26.5 Å². The number of benzene rings is 1. The van der Waals surface area contributed by atoms with Crippen LogP contribution in [0.25, 0.3) is 11.3 Å². The van der Waals surface area contributed by atoms with Gasteiger partial charge < -0.3 is 24.2 Å². The number of likely N-dealkylation sites (N-methyl/N-ethyl adjacent to an activating group) is 1. The summed E-state index contributed by atoms with van der Waals surface area (Å²) in [4.78, 5) is 31.0. The van der Waals surface area contributed by atoms with Gasteiger partial charge in [0.2, 0.25) is 11.8 Å². The summed E-state index contributed by atoms with van der Waals surface area (Å²) in [5.74, 6) is 2.35. The molecule has 2 aromatic rings. The van der Waals surface area contributed by atoms with Crippen LogP contribution in [-0.2, 0) is 9.59 Å². The number of methoxy groups -OCH3 is 2. The van der Waals surface area contributed by atoms with Crippen molar-refractivity contribution in [3.63, 3.8) is 0 Å². The van der Waals surface area contributed by atoms with Gasteiger partial charge in [0.25, 0.3) is 0 Å². The number of carbonyl (C=O) groups is 2. The van der Waals surface area contributed by atoms with Crippen LogP contribution >= 0.6 is 0 Å². The minimum absolute atomic E-state index is 0.0176. The highest BCUT2D eigenvalue weighted by molar-refractivity contribution is 5.86. The fraction of sp³-hybridized carbons (Fsp3) is 0.520. The lowest BCUT2D eigenvalue weighted by atomic mass is 9.84. The van der Waals surface area contributed by atoms with Crippen LogP contribution in [0, 0.1) is 5.92 Å². The van der Waals surface area contributed by atoms with E-state index in [1.807, 2.05) is 42.2 Å². The summed E-state index contributed by atoms with van der Waals surface area (Å²) >= 11 is 0. The first-order valence-electron chi connectivity index (χ1n) is 11.9. The molecule has 4 rings (SSSR count). The molecule has 1 aliphatic heterocycles. The normalized spacial score (nSPS) is 16.1. The van der Waals surface area contributed by atoms with E-state index in [4.69, 9.17) is 9.47 Å². The summed E-state index contributed by atoms with van der Waals surface area (Å²) < 4.78 is 10.7. The molecule has 0 bridgehead atoms. The van der Waals surface area contributed by atoms with Crippen LogP contribution in [0.1, 0.15) is 26.2 Å². The van der Waals surface area contributed by atoms with Crippen LogP contribution < -0.4 is 14.4 Å². The van der Waals surface area contributed by atoms with E-state index in [1.54, 1.807) is 19.1 Å². The first-order valence-corrected chi connectivity index (χ1v) is 11.9. The van der Waals surface area contributed by atoms with E-state index in [-0.39, 0.29) is 24.3 Å².